The van der Waals surface area contributed by atoms with E-state index < -0.39 is 0 Å². The van der Waals surface area contributed by atoms with Gasteiger partial charge in [-0.3, -0.25) is 0 Å². The van der Waals surface area contributed by atoms with Crippen molar-refractivity contribution in [1.29, 1.82) is 0 Å². The summed E-state index contributed by atoms with van der Waals surface area (Å²) < 4.78 is 0. The molecule has 1 aliphatic rings. The highest BCUT2D eigenvalue weighted by molar-refractivity contribution is 7.99. The van der Waals surface area contributed by atoms with E-state index in [4.69, 9.17) is 0 Å². The van der Waals surface area contributed by atoms with E-state index >= 15 is 0 Å². The highest BCUT2D eigenvalue weighted by Gasteiger charge is 2.25. The largest absolute Gasteiger partial charge is 0.323 e. The van der Waals surface area contributed by atoms with Crippen LogP contribution >= 0.6 is 11.8 Å². The highest BCUT2D eigenvalue weighted by atomic mass is 32.2. The van der Waals surface area contributed by atoms with Crippen molar-refractivity contribution in [3.63, 3.8) is 0 Å². The van der Waals surface area contributed by atoms with E-state index in [0.29, 0.717) is 5.41 Å². The van der Waals surface area contributed by atoms with Gasteiger partial charge in [0, 0.05) is 30.3 Å². The molecule has 3 heteroatoms. The lowest BCUT2D eigenvalue weighted by molar-refractivity contribution is 0.0999. The molecule has 0 aliphatic carbocycles. The Morgan fingerprint density at radius 1 is 1.24 bits per heavy atom. The normalized spacial score (nSPS) is 19.9. The molecule has 1 aliphatic heterocycles. The fourth-order valence-corrected chi connectivity index (χ4v) is 2.59. The summed E-state index contributed by atoms with van der Waals surface area (Å²) in [6.45, 7) is 17.0. The van der Waals surface area contributed by atoms with Gasteiger partial charge in [0.15, 0.2) is 0 Å². The molecule has 0 amide bonds. The van der Waals surface area contributed by atoms with Crippen LogP contribution in [0.1, 0.15) is 33.6 Å². The SMILES string of the molecule is C=C(C)CSCC(=C)NN1CCC(C)(C)CC1. The molecule has 98 valence electrons. The number of hydrogen-bond acceptors (Lipinski definition) is 3. The first kappa shape index (κ1) is 14.7. The Balaban J connectivity index is 2.17. The number of hydrogen-bond donors (Lipinski definition) is 1. The van der Waals surface area contributed by atoms with Gasteiger partial charge in [-0.25, -0.2) is 5.01 Å². The minimum absolute atomic E-state index is 0.508. The second-order valence-corrected chi connectivity index (χ2v) is 6.80. The van der Waals surface area contributed by atoms with Gasteiger partial charge in [-0.15, -0.1) is 0 Å². The average molecular weight is 254 g/mol. The second-order valence-electron chi connectivity index (χ2n) is 5.82. The van der Waals surface area contributed by atoms with Crippen LogP contribution in [0.25, 0.3) is 0 Å². The van der Waals surface area contributed by atoms with E-state index in [1.54, 1.807) is 0 Å². The Morgan fingerprint density at radius 2 is 1.82 bits per heavy atom. The van der Waals surface area contributed by atoms with Crippen molar-refractivity contribution in [3.05, 3.63) is 24.4 Å². The highest BCUT2D eigenvalue weighted by Crippen LogP contribution is 2.29. The molecule has 1 fully saturated rings. The first-order chi connectivity index (χ1) is 7.89. The Kier molecular flexibility index (Phi) is 5.60. The van der Waals surface area contributed by atoms with Crippen molar-refractivity contribution in [2.45, 2.75) is 33.6 Å². The molecule has 0 radical (unpaired) electrons. The van der Waals surface area contributed by atoms with Crippen molar-refractivity contribution in [3.8, 4) is 0 Å². The summed E-state index contributed by atoms with van der Waals surface area (Å²) >= 11 is 1.87. The van der Waals surface area contributed by atoms with Gasteiger partial charge in [0.1, 0.15) is 0 Å². The van der Waals surface area contributed by atoms with Crippen LogP contribution in [0.5, 0.6) is 0 Å². The van der Waals surface area contributed by atoms with Crippen molar-refractivity contribution in [1.82, 2.24) is 10.4 Å². The summed E-state index contributed by atoms with van der Waals surface area (Å²) in [4.78, 5) is 0. The van der Waals surface area contributed by atoms with Crippen LogP contribution < -0.4 is 5.43 Å². The first-order valence-corrected chi connectivity index (χ1v) is 7.46. The van der Waals surface area contributed by atoms with Gasteiger partial charge in [-0.2, -0.15) is 11.8 Å². The molecule has 0 saturated carbocycles. The lowest BCUT2D eigenvalue weighted by Crippen LogP contribution is -2.45. The molecule has 1 N–H and O–H groups in total. The lowest BCUT2D eigenvalue weighted by Gasteiger charge is -2.37. The van der Waals surface area contributed by atoms with Crippen LogP contribution in [0.2, 0.25) is 0 Å². The zero-order valence-corrected chi connectivity index (χ0v) is 12.3. The quantitative estimate of drug-likeness (QED) is 0.731. The molecule has 1 saturated heterocycles. The predicted octanol–water partition coefficient (Wildman–Crippen LogP) is 3.44. The maximum Gasteiger partial charge on any atom is 0.0343 e. The van der Waals surface area contributed by atoms with Crippen LogP contribution in [0, 0.1) is 5.41 Å². The predicted molar refractivity (Wildman–Crippen MR) is 79.0 cm³/mol. The zero-order valence-electron chi connectivity index (χ0n) is 11.5. The molecule has 0 unspecified atom stereocenters. The molecule has 2 nitrogen and oxygen atoms in total. The maximum absolute atomic E-state index is 4.08. The number of rotatable bonds is 6. The summed E-state index contributed by atoms with van der Waals surface area (Å²) in [6.07, 6.45) is 2.51. The molecular weight excluding hydrogens is 228 g/mol. The fourth-order valence-electron chi connectivity index (χ4n) is 1.83. The van der Waals surface area contributed by atoms with Crippen molar-refractivity contribution >= 4 is 11.8 Å². The first-order valence-electron chi connectivity index (χ1n) is 6.30. The molecule has 0 aromatic heterocycles. The van der Waals surface area contributed by atoms with Crippen LogP contribution in [0.3, 0.4) is 0 Å². The average Bonchev–Trinajstić information content (AvgIpc) is 2.21. The molecule has 1 heterocycles. The topological polar surface area (TPSA) is 15.3 Å². The van der Waals surface area contributed by atoms with Gasteiger partial charge in [0.2, 0.25) is 0 Å². The summed E-state index contributed by atoms with van der Waals surface area (Å²) in [7, 11) is 0. The third-order valence-electron chi connectivity index (χ3n) is 3.06. The molecule has 0 aromatic carbocycles. The minimum Gasteiger partial charge on any atom is -0.323 e. The standard InChI is InChI=1S/C14H26N2S/c1-12(2)10-17-11-13(3)15-16-8-6-14(4,5)7-9-16/h15H,1,3,6-11H2,2,4-5H3. The summed E-state index contributed by atoms with van der Waals surface area (Å²) in [6, 6.07) is 0. The molecule has 17 heavy (non-hydrogen) atoms. The Bertz CT molecular complexity index is 274. The summed E-state index contributed by atoms with van der Waals surface area (Å²) in [5.41, 5.74) is 6.26. The van der Waals surface area contributed by atoms with Crippen LogP contribution in [0.4, 0.5) is 0 Å². The maximum atomic E-state index is 4.08. The molecule has 0 aromatic rings. The lowest BCUT2D eigenvalue weighted by atomic mass is 9.83. The van der Waals surface area contributed by atoms with Gasteiger partial charge in [0.05, 0.1) is 0 Å². The Hall–Kier alpha value is -0.410. The molecule has 0 atom stereocenters. The number of nitrogens with one attached hydrogen (secondary N) is 1. The Morgan fingerprint density at radius 3 is 2.35 bits per heavy atom. The van der Waals surface area contributed by atoms with Crippen molar-refractivity contribution in [2.24, 2.45) is 5.41 Å². The van der Waals surface area contributed by atoms with E-state index in [-0.39, 0.29) is 0 Å². The summed E-state index contributed by atoms with van der Waals surface area (Å²) in [5, 5.41) is 2.30. The van der Waals surface area contributed by atoms with E-state index in [2.05, 4.69) is 44.4 Å². The second kappa shape index (κ2) is 6.50. The number of nitrogens with zero attached hydrogens (tertiary/aromatic N) is 1. The van der Waals surface area contributed by atoms with Crippen LogP contribution in [-0.4, -0.2) is 29.6 Å². The molecular formula is C14H26N2S. The van der Waals surface area contributed by atoms with E-state index in [1.807, 2.05) is 11.8 Å². The van der Waals surface area contributed by atoms with Gasteiger partial charge in [0.25, 0.3) is 0 Å². The molecule has 1 rings (SSSR count). The third kappa shape index (κ3) is 6.18. The van der Waals surface area contributed by atoms with E-state index in [1.165, 1.54) is 18.4 Å². The molecule has 0 bridgehead atoms. The smallest absolute Gasteiger partial charge is 0.0343 e. The number of thioether (sulfide) groups is 1. The van der Waals surface area contributed by atoms with E-state index in [0.717, 1.165) is 30.3 Å². The summed E-state index contributed by atoms with van der Waals surface area (Å²) in [5.74, 6) is 1.99. The third-order valence-corrected chi connectivity index (χ3v) is 4.31. The number of hydrazine groups is 1. The van der Waals surface area contributed by atoms with Gasteiger partial charge < -0.3 is 5.43 Å². The van der Waals surface area contributed by atoms with Crippen LogP contribution in [-0.2, 0) is 0 Å². The Labute approximate surface area is 111 Å². The molecule has 0 spiro atoms. The number of piperidine rings is 1. The minimum atomic E-state index is 0.508. The monoisotopic (exact) mass is 254 g/mol. The van der Waals surface area contributed by atoms with Crippen molar-refractivity contribution in [2.75, 3.05) is 24.6 Å². The zero-order chi connectivity index (χ0) is 12.9. The van der Waals surface area contributed by atoms with Gasteiger partial charge >= 0.3 is 0 Å². The van der Waals surface area contributed by atoms with Gasteiger partial charge in [-0.05, 0) is 25.2 Å². The van der Waals surface area contributed by atoms with Crippen molar-refractivity contribution < 1.29 is 0 Å². The van der Waals surface area contributed by atoms with E-state index in [9.17, 15) is 0 Å². The fraction of sp³-hybridized carbons (Fsp3) is 0.714. The van der Waals surface area contributed by atoms with Crippen LogP contribution in [0.15, 0.2) is 24.4 Å². The van der Waals surface area contributed by atoms with Gasteiger partial charge in [-0.1, -0.05) is 32.6 Å².